The third-order valence-corrected chi connectivity index (χ3v) is 3.22. The standard InChI is InChI=1S/C14H22N4O2/c1-8(12-9(2)17-19-10(12)3)15-7-11-16-13(18-20-11)14(4,5)6/h8,15H,7H2,1-6H3/t8-/m1/s1. The van der Waals surface area contributed by atoms with Gasteiger partial charge in [0.2, 0.25) is 5.89 Å². The van der Waals surface area contributed by atoms with Gasteiger partial charge in [0.25, 0.3) is 0 Å². The van der Waals surface area contributed by atoms with Crippen molar-refractivity contribution in [1.29, 1.82) is 0 Å². The Kier molecular flexibility index (Phi) is 3.94. The second-order valence-corrected chi connectivity index (χ2v) is 6.10. The summed E-state index contributed by atoms with van der Waals surface area (Å²) in [6.07, 6.45) is 0. The van der Waals surface area contributed by atoms with Gasteiger partial charge in [0.1, 0.15) is 5.76 Å². The summed E-state index contributed by atoms with van der Waals surface area (Å²) in [4.78, 5) is 4.40. The summed E-state index contributed by atoms with van der Waals surface area (Å²) < 4.78 is 10.4. The first-order chi connectivity index (χ1) is 9.29. The van der Waals surface area contributed by atoms with E-state index in [0.29, 0.717) is 12.4 Å². The Balaban J connectivity index is 2.01. The number of nitrogens with zero attached hydrogens (tertiary/aromatic N) is 3. The summed E-state index contributed by atoms with van der Waals surface area (Å²) in [5.41, 5.74) is 1.89. The molecule has 0 unspecified atom stereocenters. The van der Waals surface area contributed by atoms with Crippen LogP contribution < -0.4 is 5.32 Å². The van der Waals surface area contributed by atoms with Crippen LogP contribution >= 0.6 is 0 Å². The molecule has 6 nitrogen and oxygen atoms in total. The van der Waals surface area contributed by atoms with Crippen LogP contribution in [0.3, 0.4) is 0 Å². The van der Waals surface area contributed by atoms with Crippen LogP contribution in [0.25, 0.3) is 0 Å². The highest BCUT2D eigenvalue weighted by atomic mass is 16.5. The molecule has 0 aliphatic carbocycles. The van der Waals surface area contributed by atoms with Crippen molar-refractivity contribution in [2.75, 3.05) is 0 Å². The summed E-state index contributed by atoms with van der Waals surface area (Å²) in [7, 11) is 0. The molecule has 0 aliphatic heterocycles. The lowest BCUT2D eigenvalue weighted by Crippen LogP contribution is -2.19. The minimum absolute atomic E-state index is 0.102. The van der Waals surface area contributed by atoms with Crippen molar-refractivity contribution in [2.45, 2.75) is 59.5 Å². The molecule has 2 aromatic rings. The zero-order chi connectivity index (χ0) is 14.9. The fraction of sp³-hybridized carbons (Fsp3) is 0.643. The molecule has 2 rings (SSSR count). The van der Waals surface area contributed by atoms with Crippen LogP contribution in [0.2, 0.25) is 0 Å². The zero-order valence-corrected chi connectivity index (χ0v) is 12.9. The fourth-order valence-electron chi connectivity index (χ4n) is 2.08. The molecule has 6 heteroatoms. The lowest BCUT2D eigenvalue weighted by Gasteiger charge is -2.12. The number of aromatic nitrogens is 3. The predicted molar refractivity (Wildman–Crippen MR) is 74.2 cm³/mol. The van der Waals surface area contributed by atoms with Gasteiger partial charge in [-0.05, 0) is 20.8 Å². The van der Waals surface area contributed by atoms with Gasteiger partial charge in [0, 0.05) is 17.0 Å². The van der Waals surface area contributed by atoms with E-state index >= 15 is 0 Å². The van der Waals surface area contributed by atoms with Crippen LogP contribution in [-0.4, -0.2) is 15.3 Å². The third kappa shape index (κ3) is 3.07. The zero-order valence-electron chi connectivity index (χ0n) is 12.9. The van der Waals surface area contributed by atoms with E-state index in [0.717, 1.165) is 22.8 Å². The number of rotatable bonds is 4. The molecule has 1 N–H and O–H groups in total. The summed E-state index contributed by atoms with van der Waals surface area (Å²) >= 11 is 0. The second kappa shape index (κ2) is 5.36. The van der Waals surface area contributed by atoms with E-state index in [1.807, 2.05) is 13.8 Å². The molecular weight excluding hydrogens is 256 g/mol. The Bertz CT molecular complexity index is 561. The number of hydrogen-bond acceptors (Lipinski definition) is 6. The van der Waals surface area contributed by atoms with E-state index in [2.05, 4.69) is 48.3 Å². The quantitative estimate of drug-likeness (QED) is 0.926. The largest absolute Gasteiger partial charge is 0.361 e. The summed E-state index contributed by atoms with van der Waals surface area (Å²) in [5, 5.41) is 11.3. The van der Waals surface area contributed by atoms with Gasteiger partial charge in [0.15, 0.2) is 5.82 Å². The Hall–Kier alpha value is -1.69. The van der Waals surface area contributed by atoms with Crippen molar-refractivity contribution in [3.63, 3.8) is 0 Å². The van der Waals surface area contributed by atoms with Crippen molar-refractivity contribution in [1.82, 2.24) is 20.6 Å². The van der Waals surface area contributed by atoms with Gasteiger partial charge >= 0.3 is 0 Å². The molecule has 0 saturated carbocycles. The maximum Gasteiger partial charge on any atom is 0.240 e. The number of hydrogen-bond donors (Lipinski definition) is 1. The minimum Gasteiger partial charge on any atom is -0.361 e. The molecule has 2 heterocycles. The minimum atomic E-state index is -0.102. The van der Waals surface area contributed by atoms with Gasteiger partial charge in [-0.15, -0.1) is 0 Å². The number of nitrogens with one attached hydrogen (secondary N) is 1. The van der Waals surface area contributed by atoms with E-state index in [9.17, 15) is 0 Å². The first-order valence-electron chi connectivity index (χ1n) is 6.78. The molecule has 0 spiro atoms. The van der Waals surface area contributed by atoms with Crippen LogP contribution in [-0.2, 0) is 12.0 Å². The Morgan fingerprint density at radius 3 is 2.35 bits per heavy atom. The van der Waals surface area contributed by atoms with Gasteiger partial charge in [-0.3, -0.25) is 0 Å². The highest BCUT2D eigenvalue weighted by Gasteiger charge is 2.21. The molecule has 0 aliphatic rings. The molecule has 2 aromatic heterocycles. The molecule has 0 bridgehead atoms. The summed E-state index contributed by atoms with van der Waals surface area (Å²) in [6, 6.07) is 0.117. The normalized spacial score (nSPS) is 13.7. The van der Waals surface area contributed by atoms with E-state index in [1.165, 1.54) is 0 Å². The van der Waals surface area contributed by atoms with Gasteiger partial charge in [0.05, 0.1) is 12.2 Å². The lowest BCUT2D eigenvalue weighted by atomic mass is 9.96. The van der Waals surface area contributed by atoms with Crippen molar-refractivity contribution in [3.05, 3.63) is 28.7 Å². The van der Waals surface area contributed by atoms with E-state index < -0.39 is 0 Å². The third-order valence-electron chi connectivity index (χ3n) is 3.22. The molecule has 0 amide bonds. The Morgan fingerprint density at radius 1 is 1.15 bits per heavy atom. The van der Waals surface area contributed by atoms with Crippen LogP contribution in [0.5, 0.6) is 0 Å². The van der Waals surface area contributed by atoms with Crippen LogP contribution in [0.4, 0.5) is 0 Å². The molecular formula is C14H22N4O2. The monoisotopic (exact) mass is 278 g/mol. The molecule has 110 valence electrons. The maximum absolute atomic E-state index is 5.26. The summed E-state index contributed by atoms with van der Waals surface area (Å²) in [6.45, 7) is 12.6. The predicted octanol–water partition coefficient (Wildman–Crippen LogP) is 2.82. The molecule has 0 aromatic carbocycles. The Morgan fingerprint density at radius 2 is 1.85 bits per heavy atom. The molecule has 20 heavy (non-hydrogen) atoms. The van der Waals surface area contributed by atoms with Crippen molar-refractivity contribution >= 4 is 0 Å². The van der Waals surface area contributed by atoms with Gasteiger partial charge < -0.3 is 14.4 Å². The first kappa shape index (κ1) is 14.7. The van der Waals surface area contributed by atoms with E-state index in [-0.39, 0.29) is 11.5 Å². The topological polar surface area (TPSA) is 77.0 Å². The SMILES string of the molecule is Cc1noc(C)c1[C@@H](C)NCc1nc(C(C)(C)C)no1. The summed E-state index contributed by atoms with van der Waals surface area (Å²) in [5.74, 6) is 2.15. The highest BCUT2D eigenvalue weighted by Crippen LogP contribution is 2.22. The Labute approximate surface area is 118 Å². The number of aryl methyl sites for hydroxylation is 2. The smallest absolute Gasteiger partial charge is 0.240 e. The molecule has 0 radical (unpaired) electrons. The van der Waals surface area contributed by atoms with Crippen molar-refractivity contribution in [3.8, 4) is 0 Å². The first-order valence-corrected chi connectivity index (χ1v) is 6.78. The average molecular weight is 278 g/mol. The van der Waals surface area contributed by atoms with Gasteiger partial charge in [-0.25, -0.2) is 0 Å². The van der Waals surface area contributed by atoms with Gasteiger partial charge in [-0.1, -0.05) is 31.1 Å². The van der Waals surface area contributed by atoms with Crippen LogP contribution in [0.15, 0.2) is 9.05 Å². The molecule has 0 saturated heterocycles. The van der Waals surface area contributed by atoms with E-state index in [1.54, 1.807) is 0 Å². The van der Waals surface area contributed by atoms with Crippen molar-refractivity contribution < 1.29 is 9.05 Å². The molecule has 1 atom stereocenters. The average Bonchev–Trinajstić information content (AvgIpc) is 2.93. The molecule has 0 fully saturated rings. The second-order valence-electron chi connectivity index (χ2n) is 6.10. The van der Waals surface area contributed by atoms with Crippen LogP contribution in [0.1, 0.15) is 62.5 Å². The highest BCUT2D eigenvalue weighted by molar-refractivity contribution is 5.24. The van der Waals surface area contributed by atoms with E-state index in [4.69, 9.17) is 9.05 Å². The van der Waals surface area contributed by atoms with Crippen LogP contribution in [0, 0.1) is 13.8 Å². The van der Waals surface area contributed by atoms with Gasteiger partial charge in [-0.2, -0.15) is 4.98 Å². The fourth-order valence-corrected chi connectivity index (χ4v) is 2.08. The van der Waals surface area contributed by atoms with Crippen molar-refractivity contribution in [2.24, 2.45) is 0 Å². The maximum atomic E-state index is 5.26. The lowest BCUT2D eigenvalue weighted by molar-refractivity contribution is 0.348.